The quantitative estimate of drug-likeness (QED) is 0.556. The van der Waals surface area contributed by atoms with Crippen LogP contribution in [0.4, 0.5) is 14.5 Å². The number of carbonyl (C=O) groups is 1. The Kier molecular flexibility index (Phi) is 4.98. The highest BCUT2D eigenvalue weighted by atomic mass is 32.1. The monoisotopic (exact) mass is 409 g/mol. The number of anilines is 1. The van der Waals surface area contributed by atoms with Crippen LogP contribution in [0, 0.1) is 11.6 Å². The van der Waals surface area contributed by atoms with Gasteiger partial charge < -0.3 is 16.0 Å². The molecule has 1 unspecified atom stereocenters. The van der Waals surface area contributed by atoms with Gasteiger partial charge in [0.1, 0.15) is 0 Å². The van der Waals surface area contributed by atoms with Crippen molar-refractivity contribution in [2.45, 2.75) is 13.0 Å². The highest BCUT2D eigenvalue weighted by molar-refractivity contribution is 7.80. The Morgan fingerprint density at radius 3 is 2.59 bits per heavy atom. The van der Waals surface area contributed by atoms with Crippen molar-refractivity contribution >= 4 is 39.7 Å². The predicted octanol–water partition coefficient (Wildman–Crippen LogP) is 4.55. The summed E-state index contributed by atoms with van der Waals surface area (Å²) < 4.78 is 26.7. The molecule has 29 heavy (non-hydrogen) atoms. The van der Waals surface area contributed by atoms with Crippen LogP contribution in [0.25, 0.3) is 10.8 Å². The summed E-state index contributed by atoms with van der Waals surface area (Å²) in [5.41, 5.74) is 2.06. The lowest BCUT2D eigenvalue weighted by Crippen LogP contribution is -2.45. The molecular formula is C22H17F2N3OS. The van der Waals surface area contributed by atoms with Crippen LogP contribution in [0.15, 0.2) is 71.9 Å². The molecule has 4 rings (SSSR count). The lowest BCUT2D eigenvalue weighted by molar-refractivity contribution is -0.113. The van der Waals surface area contributed by atoms with E-state index >= 15 is 0 Å². The molecule has 1 amide bonds. The standard InChI is InChI=1S/C22H17F2N3OS/c1-12-19(21(28)26-14-9-10-17(23)18(24)11-14)20(27-22(29)25-12)16-8-4-6-13-5-2-3-7-15(13)16/h2-11,20H,1H3,(H,26,28)(H2,25,27,29). The van der Waals surface area contributed by atoms with Crippen LogP contribution in [0.2, 0.25) is 0 Å². The minimum Gasteiger partial charge on any atom is -0.351 e. The molecule has 0 aliphatic carbocycles. The number of halogens is 2. The topological polar surface area (TPSA) is 53.2 Å². The second-order valence-corrected chi connectivity index (χ2v) is 7.13. The number of fused-ring (bicyclic) bond motifs is 1. The first-order chi connectivity index (χ1) is 13.9. The minimum atomic E-state index is -1.03. The summed E-state index contributed by atoms with van der Waals surface area (Å²) in [5, 5.41) is 11.2. The number of nitrogens with one attached hydrogen (secondary N) is 3. The van der Waals surface area contributed by atoms with Crippen molar-refractivity contribution in [3.63, 3.8) is 0 Å². The third-order valence-electron chi connectivity index (χ3n) is 4.83. The van der Waals surface area contributed by atoms with Crippen LogP contribution in [0.1, 0.15) is 18.5 Å². The predicted molar refractivity (Wildman–Crippen MR) is 113 cm³/mol. The van der Waals surface area contributed by atoms with E-state index < -0.39 is 23.6 Å². The van der Waals surface area contributed by atoms with Gasteiger partial charge in [0, 0.05) is 17.5 Å². The lowest BCUT2D eigenvalue weighted by atomic mass is 9.91. The molecule has 4 nitrogen and oxygen atoms in total. The number of benzene rings is 3. The van der Waals surface area contributed by atoms with E-state index in [0.717, 1.165) is 28.5 Å². The second kappa shape index (κ2) is 7.60. The lowest BCUT2D eigenvalue weighted by Gasteiger charge is -2.31. The van der Waals surface area contributed by atoms with Crippen molar-refractivity contribution in [1.82, 2.24) is 10.6 Å². The van der Waals surface area contributed by atoms with Gasteiger partial charge in [0.25, 0.3) is 5.91 Å². The maximum atomic E-state index is 13.5. The first kappa shape index (κ1) is 19.0. The van der Waals surface area contributed by atoms with E-state index in [2.05, 4.69) is 16.0 Å². The highest BCUT2D eigenvalue weighted by Gasteiger charge is 2.31. The third kappa shape index (κ3) is 3.69. The molecule has 146 valence electrons. The van der Waals surface area contributed by atoms with Crippen LogP contribution in [0.3, 0.4) is 0 Å². The Labute approximate surface area is 171 Å². The van der Waals surface area contributed by atoms with E-state index in [0.29, 0.717) is 16.4 Å². The van der Waals surface area contributed by atoms with Gasteiger partial charge in [-0.25, -0.2) is 8.78 Å². The van der Waals surface area contributed by atoms with Crippen LogP contribution >= 0.6 is 12.2 Å². The fourth-order valence-corrected chi connectivity index (χ4v) is 3.77. The number of hydrogen-bond donors (Lipinski definition) is 3. The van der Waals surface area contributed by atoms with Crippen molar-refractivity contribution < 1.29 is 13.6 Å². The van der Waals surface area contributed by atoms with Crippen LogP contribution < -0.4 is 16.0 Å². The Morgan fingerprint density at radius 1 is 1.03 bits per heavy atom. The highest BCUT2D eigenvalue weighted by Crippen LogP contribution is 2.32. The normalized spacial score (nSPS) is 16.4. The molecular weight excluding hydrogens is 392 g/mol. The number of thiocarbonyl (C=S) groups is 1. The summed E-state index contributed by atoms with van der Waals surface area (Å²) >= 11 is 5.30. The van der Waals surface area contributed by atoms with Gasteiger partial charge in [-0.05, 0) is 47.6 Å². The summed E-state index contributed by atoms with van der Waals surface area (Å²) in [5.74, 6) is -2.44. The van der Waals surface area contributed by atoms with Gasteiger partial charge in [0.15, 0.2) is 16.7 Å². The zero-order valence-electron chi connectivity index (χ0n) is 15.4. The van der Waals surface area contributed by atoms with Gasteiger partial charge in [-0.3, -0.25) is 4.79 Å². The Hall–Kier alpha value is -3.32. The number of allylic oxidation sites excluding steroid dienone is 1. The number of hydrogen-bond acceptors (Lipinski definition) is 2. The van der Waals surface area contributed by atoms with E-state index in [-0.39, 0.29) is 5.69 Å². The van der Waals surface area contributed by atoms with Crippen LogP contribution in [-0.2, 0) is 4.79 Å². The summed E-state index contributed by atoms with van der Waals surface area (Å²) in [6, 6.07) is 16.5. The molecule has 0 radical (unpaired) electrons. The average Bonchev–Trinajstić information content (AvgIpc) is 2.69. The average molecular weight is 409 g/mol. The summed E-state index contributed by atoms with van der Waals surface area (Å²) in [4.78, 5) is 13.1. The van der Waals surface area contributed by atoms with Gasteiger partial charge in [-0.2, -0.15) is 0 Å². The molecule has 3 aromatic rings. The Morgan fingerprint density at radius 2 is 1.79 bits per heavy atom. The Bertz CT molecular complexity index is 1170. The fraction of sp³-hybridized carbons (Fsp3) is 0.0909. The number of rotatable bonds is 3. The first-order valence-electron chi connectivity index (χ1n) is 8.96. The summed E-state index contributed by atoms with van der Waals surface area (Å²) in [6.45, 7) is 1.76. The molecule has 0 spiro atoms. The molecule has 1 heterocycles. The van der Waals surface area contributed by atoms with Crippen LogP contribution in [0.5, 0.6) is 0 Å². The molecule has 0 saturated heterocycles. The molecule has 3 N–H and O–H groups in total. The molecule has 0 bridgehead atoms. The number of amides is 1. The van der Waals surface area contributed by atoms with Crippen molar-refractivity contribution in [2.75, 3.05) is 5.32 Å². The molecule has 1 aliphatic rings. The van der Waals surface area contributed by atoms with Crippen LogP contribution in [-0.4, -0.2) is 11.0 Å². The zero-order valence-corrected chi connectivity index (χ0v) is 16.2. The molecule has 3 aromatic carbocycles. The van der Waals surface area contributed by atoms with E-state index in [4.69, 9.17) is 12.2 Å². The van der Waals surface area contributed by atoms with Gasteiger partial charge in [0.05, 0.1) is 11.6 Å². The fourth-order valence-electron chi connectivity index (χ4n) is 3.50. The van der Waals surface area contributed by atoms with Crippen molar-refractivity contribution in [3.8, 4) is 0 Å². The van der Waals surface area contributed by atoms with Crippen molar-refractivity contribution in [3.05, 3.63) is 89.1 Å². The maximum absolute atomic E-state index is 13.5. The maximum Gasteiger partial charge on any atom is 0.255 e. The van der Waals surface area contributed by atoms with E-state index in [1.165, 1.54) is 6.07 Å². The van der Waals surface area contributed by atoms with Gasteiger partial charge in [-0.15, -0.1) is 0 Å². The third-order valence-corrected chi connectivity index (χ3v) is 5.05. The smallest absolute Gasteiger partial charge is 0.255 e. The molecule has 0 fully saturated rings. The van der Waals surface area contributed by atoms with E-state index in [1.54, 1.807) is 6.92 Å². The number of carbonyl (C=O) groups excluding carboxylic acids is 1. The minimum absolute atomic E-state index is 0.166. The molecule has 1 atom stereocenters. The van der Waals surface area contributed by atoms with Gasteiger partial charge in [-0.1, -0.05) is 42.5 Å². The van der Waals surface area contributed by atoms with Crippen molar-refractivity contribution in [1.29, 1.82) is 0 Å². The van der Waals surface area contributed by atoms with Gasteiger partial charge >= 0.3 is 0 Å². The SMILES string of the molecule is CC1=C(C(=O)Nc2ccc(F)c(F)c2)C(c2cccc3ccccc23)NC(=S)N1. The summed E-state index contributed by atoms with van der Waals surface area (Å²) in [7, 11) is 0. The molecule has 7 heteroatoms. The zero-order chi connectivity index (χ0) is 20.5. The van der Waals surface area contributed by atoms with E-state index in [9.17, 15) is 13.6 Å². The van der Waals surface area contributed by atoms with Crippen molar-refractivity contribution in [2.24, 2.45) is 0 Å². The first-order valence-corrected chi connectivity index (χ1v) is 9.37. The second-order valence-electron chi connectivity index (χ2n) is 6.72. The molecule has 0 saturated carbocycles. The molecule has 0 aromatic heterocycles. The molecule has 1 aliphatic heterocycles. The van der Waals surface area contributed by atoms with Gasteiger partial charge in [0.2, 0.25) is 0 Å². The largest absolute Gasteiger partial charge is 0.351 e. The van der Waals surface area contributed by atoms with E-state index in [1.807, 2.05) is 42.5 Å². The Balaban J connectivity index is 1.76. The summed E-state index contributed by atoms with van der Waals surface area (Å²) in [6.07, 6.45) is 0.